The smallest absolute Gasteiger partial charge is 0.472 e. The molecule has 0 atom stereocenters. The molecule has 2 aromatic carbocycles. The Labute approximate surface area is 217 Å². The molecule has 2 heterocycles. The summed E-state index contributed by atoms with van der Waals surface area (Å²) >= 11 is 0. The molecule has 198 valence electrons. The molecule has 1 N–H and O–H groups in total. The average Bonchev–Trinajstić information content (AvgIpc) is 2.90. The number of carbonyl (C=O) groups is 1. The van der Waals surface area contributed by atoms with Gasteiger partial charge in [-0.15, -0.1) is 23.4 Å². The summed E-state index contributed by atoms with van der Waals surface area (Å²) in [6, 6.07) is 16.8. The highest BCUT2D eigenvalue weighted by Gasteiger charge is 2.31. The monoisotopic (exact) mass is 526 g/mol. The lowest BCUT2D eigenvalue weighted by Crippen LogP contribution is -2.48. The highest BCUT2D eigenvalue weighted by atomic mass is 19.4. The lowest BCUT2D eigenvalue weighted by molar-refractivity contribution is -0.274. The summed E-state index contributed by atoms with van der Waals surface area (Å²) in [5, 5.41) is 20.3. The second kappa shape index (κ2) is 11.7. The van der Waals surface area contributed by atoms with Gasteiger partial charge in [-0.05, 0) is 47.5 Å². The summed E-state index contributed by atoms with van der Waals surface area (Å²) in [6.45, 7) is 5.03. The highest BCUT2D eigenvalue weighted by molar-refractivity contribution is 5.73. The van der Waals surface area contributed by atoms with Gasteiger partial charge in [-0.1, -0.05) is 12.1 Å². The summed E-state index contributed by atoms with van der Waals surface area (Å²) in [4.78, 5) is 15.6. The van der Waals surface area contributed by atoms with Gasteiger partial charge in [0.05, 0.1) is 11.6 Å². The summed E-state index contributed by atoms with van der Waals surface area (Å²) < 4.78 is 47.0. The molecule has 1 amide bonds. The van der Waals surface area contributed by atoms with Crippen LogP contribution >= 0.6 is 0 Å². The molecule has 1 saturated heterocycles. The van der Waals surface area contributed by atoms with Gasteiger partial charge in [0.2, 0.25) is 11.8 Å². The van der Waals surface area contributed by atoms with Crippen molar-refractivity contribution in [3.63, 3.8) is 0 Å². The van der Waals surface area contributed by atoms with Gasteiger partial charge in [-0.25, -0.2) is 0 Å². The van der Waals surface area contributed by atoms with Crippen LogP contribution in [-0.2, 0) is 17.9 Å². The number of anilines is 2. The molecule has 1 aromatic heterocycles. The fourth-order valence-corrected chi connectivity index (χ4v) is 3.95. The van der Waals surface area contributed by atoms with Crippen LogP contribution < -0.4 is 19.7 Å². The maximum atomic E-state index is 12.5. The molecule has 1 fully saturated rings. The topological polar surface area (TPSA) is 104 Å². The largest absolute Gasteiger partial charge is 0.573 e. The van der Waals surface area contributed by atoms with Crippen LogP contribution in [0.15, 0.2) is 54.6 Å². The van der Waals surface area contributed by atoms with Gasteiger partial charge in [-0.3, -0.25) is 4.79 Å². The van der Waals surface area contributed by atoms with E-state index < -0.39 is 12.1 Å². The predicted molar refractivity (Wildman–Crippen MR) is 132 cm³/mol. The first-order valence-electron chi connectivity index (χ1n) is 11.8. The Hall–Kier alpha value is -4.53. The van der Waals surface area contributed by atoms with Crippen LogP contribution in [0.5, 0.6) is 11.6 Å². The highest BCUT2D eigenvalue weighted by Crippen LogP contribution is 2.25. The summed E-state index contributed by atoms with van der Waals surface area (Å²) in [5.41, 5.74) is 2.49. The van der Waals surface area contributed by atoms with Crippen molar-refractivity contribution in [3.05, 3.63) is 71.3 Å². The zero-order valence-electron chi connectivity index (χ0n) is 20.5. The second-order valence-electron chi connectivity index (χ2n) is 8.58. The molecular formula is C26H25F3N6O3. The summed E-state index contributed by atoms with van der Waals surface area (Å²) in [5.74, 6) is 0.302. The van der Waals surface area contributed by atoms with Crippen LogP contribution in [-0.4, -0.2) is 53.5 Å². The molecule has 4 rings (SSSR count). The number of halogens is 3. The number of benzene rings is 2. The van der Waals surface area contributed by atoms with Crippen LogP contribution in [0.4, 0.5) is 24.7 Å². The van der Waals surface area contributed by atoms with Gasteiger partial charge >= 0.3 is 6.36 Å². The van der Waals surface area contributed by atoms with Crippen molar-refractivity contribution in [3.8, 4) is 17.7 Å². The minimum atomic E-state index is -4.87. The first kappa shape index (κ1) is 26.5. The zero-order chi connectivity index (χ0) is 27.1. The zero-order valence-corrected chi connectivity index (χ0v) is 20.5. The van der Waals surface area contributed by atoms with E-state index in [1.807, 2.05) is 17.0 Å². The second-order valence-corrected chi connectivity index (χ2v) is 8.58. The van der Waals surface area contributed by atoms with Crippen LogP contribution in [0.1, 0.15) is 23.6 Å². The molecule has 0 bridgehead atoms. The Morgan fingerprint density at radius 3 is 2.37 bits per heavy atom. The molecule has 38 heavy (non-hydrogen) atoms. The molecule has 0 radical (unpaired) electrons. The molecular weight excluding hydrogens is 501 g/mol. The first-order valence-corrected chi connectivity index (χ1v) is 11.8. The van der Waals surface area contributed by atoms with Crippen molar-refractivity contribution < 1.29 is 27.4 Å². The Morgan fingerprint density at radius 2 is 1.76 bits per heavy atom. The van der Waals surface area contributed by atoms with E-state index in [9.17, 15) is 18.0 Å². The molecule has 9 nitrogen and oxygen atoms in total. The Balaban J connectivity index is 1.27. The minimum Gasteiger partial charge on any atom is -0.472 e. The lowest BCUT2D eigenvalue weighted by atomic mass is 10.1. The van der Waals surface area contributed by atoms with Crippen molar-refractivity contribution in [1.29, 1.82) is 5.26 Å². The third kappa shape index (κ3) is 7.49. The Bertz CT molecular complexity index is 1290. The van der Waals surface area contributed by atoms with Crippen molar-refractivity contribution in [2.45, 2.75) is 26.4 Å². The fraction of sp³-hybridized carbons (Fsp3) is 0.308. The van der Waals surface area contributed by atoms with Crippen LogP contribution in [0, 0.1) is 11.3 Å². The number of hydrogen-bond donors (Lipinski definition) is 1. The van der Waals surface area contributed by atoms with E-state index in [0.717, 1.165) is 49.6 Å². The van der Waals surface area contributed by atoms with Crippen molar-refractivity contribution in [2.24, 2.45) is 0 Å². The number of rotatable bonds is 8. The van der Waals surface area contributed by atoms with E-state index in [0.29, 0.717) is 17.9 Å². The molecule has 0 saturated carbocycles. The SMILES string of the molecule is CC(=O)N1CCN(c2ccc(CNc3ccc(OCc4cc(C#N)cc(OC(F)(F)F)c4)nn3)cc2)CC1. The lowest BCUT2D eigenvalue weighted by Gasteiger charge is -2.35. The van der Waals surface area contributed by atoms with Crippen molar-refractivity contribution in [1.82, 2.24) is 15.1 Å². The number of alkyl halides is 3. The molecule has 1 aliphatic rings. The van der Waals surface area contributed by atoms with E-state index in [1.54, 1.807) is 25.1 Å². The number of nitrogens with one attached hydrogen (secondary N) is 1. The first-order chi connectivity index (χ1) is 18.2. The summed E-state index contributed by atoms with van der Waals surface area (Å²) in [7, 11) is 0. The van der Waals surface area contributed by atoms with Crippen molar-refractivity contribution in [2.75, 3.05) is 36.4 Å². The number of ether oxygens (including phenoxy) is 2. The molecule has 1 aliphatic heterocycles. The maximum Gasteiger partial charge on any atom is 0.573 e. The van der Waals surface area contributed by atoms with Gasteiger partial charge < -0.3 is 24.6 Å². The standard InChI is InChI=1S/C26H25F3N6O3/c1-18(36)34-8-10-35(11-9-34)22-4-2-19(3-5-22)16-31-24-6-7-25(33-32-24)37-17-21-12-20(15-30)13-23(14-21)38-26(27,28)29/h2-7,12-14H,8-11,16-17H2,1H3,(H,31,32). The number of carbonyl (C=O) groups excluding carboxylic acids is 1. The van der Waals surface area contributed by atoms with Crippen LogP contribution in [0.2, 0.25) is 0 Å². The quantitative estimate of drug-likeness (QED) is 0.468. The predicted octanol–water partition coefficient (Wildman–Crippen LogP) is 4.11. The molecule has 0 spiro atoms. The van der Waals surface area contributed by atoms with Gasteiger partial charge in [0.1, 0.15) is 18.2 Å². The third-order valence-corrected chi connectivity index (χ3v) is 5.86. The average molecular weight is 527 g/mol. The number of piperazine rings is 1. The van der Waals surface area contributed by atoms with Gasteiger partial charge in [-0.2, -0.15) is 5.26 Å². The number of nitriles is 1. The maximum absolute atomic E-state index is 12.5. The normalized spacial score (nSPS) is 13.6. The van der Waals surface area contributed by atoms with Gasteiger partial charge in [0, 0.05) is 51.4 Å². The molecule has 3 aromatic rings. The number of nitrogens with zero attached hydrogens (tertiary/aromatic N) is 5. The fourth-order valence-electron chi connectivity index (χ4n) is 3.95. The third-order valence-electron chi connectivity index (χ3n) is 5.86. The van der Waals surface area contributed by atoms with Gasteiger partial charge in [0.25, 0.3) is 0 Å². The number of hydrogen-bond acceptors (Lipinski definition) is 8. The van der Waals surface area contributed by atoms with E-state index in [1.165, 1.54) is 6.07 Å². The van der Waals surface area contributed by atoms with E-state index in [2.05, 4.69) is 37.3 Å². The number of amides is 1. The van der Waals surface area contributed by atoms with Crippen molar-refractivity contribution >= 4 is 17.4 Å². The Morgan fingerprint density at radius 1 is 1.03 bits per heavy atom. The van der Waals surface area contributed by atoms with E-state index in [-0.39, 0.29) is 24.0 Å². The summed E-state index contributed by atoms with van der Waals surface area (Å²) in [6.07, 6.45) is -4.87. The van der Waals surface area contributed by atoms with Crippen LogP contribution in [0.3, 0.4) is 0 Å². The number of aromatic nitrogens is 2. The molecule has 0 aliphatic carbocycles. The molecule has 0 unspecified atom stereocenters. The van der Waals surface area contributed by atoms with E-state index in [4.69, 9.17) is 10.00 Å². The Kier molecular flexibility index (Phi) is 8.15. The van der Waals surface area contributed by atoms with E-state index >= 15 is 0 Å². The van der Waals surface area contributed by atoms with Crippen LogP contribution in [0.25, 0.3) is 0 Å². The minimum absolute atomic E-state index is 0.0135. The molecule has 12 heteroatoms. The van der Waals surface area contributed by atoms with Gasteiger partial charge in [0.15, 0.2) is 0 Å².